The fourth-order valence-electron chi connectivity index (χ4n) is 4.41. The highest BCUT2D eigenvalue weighted by molar-refractivity contribution is 14.0. The van der Waals surface area contributed by atoms with Crippen LogP contribution in [0.3, 0.4) is 0 Å². The van der Waals surface area contributed by atoms with Crippen molar-refractivity contribution in [3.05, 3.63) is 24.5 Å². The van der Waals surface area contributed by atoms with Crippen LogP contribution in [0.1, 0.15) is 51.4 Å². The van der Waals surface area contributed by atoms with E-state index in [2.05, 4.69) is 25.5 Å². The summed E-state index contributed by atoms with van der Waals surface area (Å²) in [7, 11) is 1.80. The summed E-state index contributed by atoms with van der Waals surface area (Å²) < 4.78 is 0. The number of aromatic nitrogens is 1. The van der Waals surface area contributed by atoms with Crippen LogP contribution in [0.2, 0.25) is 0 Å². The minimum atomic E-state index is -0.0830. The standard InChI is InChI=1S/C20H31N5O.HI/c1-21-19(23-15-18(26)24-17-8-6-12-22-14-17)25-13-7-11-20(16-25)9-4-2-3-5-10-20;/h6,8,12,14H,2-5,7,9-11,13,15-16H2,1H3,(H,21,23)(H,24,26);1H. The van der Waals surface area contributed by atoms with Gasteiger partial charge in [0.25, 0.3) is 0 Å². The van der Waals surface area contributed by atoms with E-state index in [4.69, 9.17) is 0 Å². The molecule has 27 heavy (non-hydrogen) atoms. The monoisotopic (exact) mass is 485 g/mol. The summed E-state index contributed by atoms with van der Waals surface area (Å²) in [5.41, 5.74) is 1.16. The molecule has 0 bridgehead atoms. The lowest BCUT2D eigenvalue weighted by molar-refractivity contribution is -0.115. The molecule has 1 saturated carbocycles. The fourth-order valence-corrected chi connectivity index (χ4v) is 4.41. The number of amides is 1. The summed E-state index contributed by atoms with van der Waals surface area (Å²) in [4.78, 5) is 23.0. The number of carbonyl (C=O) groups excluding carboxylic acids is 1. The summed E-state index contributed by atoms with van der Waals surface area (Å²) in [6.45, 7) is 2.30. The smallest absolute Gasteiger partial charge is 0.243 e. The van der Waals surface area contributed by atoms with E-state index in [0.29, 0.717) is 11.1 Å². The third-order valence-electron chi connectivity index (χ3n) is 5.69. The lowest BCUT2D eigenvalue weighted by Crippen LogP contribution is -2.51. The predicted molar refractivity (Wildman–Crippen MR) is 121 cm³/mol. The number of guanidine groups is 1. The van der Waals surface area contributed by atoms with Gasteiger partial charge in [-0.2, -0.15) is 0 Å². The molecule has 3 rings (SSSR count). The molecular formula is C20H32IN5O. The number of hydrogen-bond donors (Lipinski definition) is 2. The number of nitrogens with one attached hydrogen (secondary N) is 2. The van der Waals surface area contributed by atoms with Gasteiger partial charge in [0.15, 0.2) is 5.96 Å². The van der Waals surface area contributed by atoms with Crippen LogP contribution in [0.15, 0.2) is 29.5 Å². The highest BCUT2D eigenvalue weighted by Gasteiger charge is 2.36. The second-order valence-electron chi connectivity index (χ2n) is 7.63. The Morgan fingerprint density at radius 2 is 1.96 bits per heavy atom. The lowest BCUT2D eigenvalue weighted by atomic mass is 9.74. The molecule has 1 saturated heterocycles. The van der Waals surface area contributed by atoms with Crippen molar-refractivity contribution in [2.75, 3.05) is 32.0 Å². The van der Waals surface area contributed by atoms with Crippen LogP contribution in [0.5, 0.6) is 0 Å². The largest absolute Gasteiger partial charge is 0.347 e. The van der Waals surface area contributed by atoms with E-state index in [0.717, 1.165) is 19.0 Å². The Morgan fingerprint density at radius 1 is 1.22 bits per heavy atom. The van der Waals surface area contributed by atoms with Crippen LogP contribution in [0.4, 0.5) is 5.69 Å². The van der Waals surface area contributed by atoms with Gasteiger partial charge in [0.2, 0.25) is 5.91 Å². The second-order valence-corrected chi connectivity index (χ2v) is 7.63. The van der Waals surface area contributed by atoms with E-state index < -0.39 is 0 Å². The van der Waals surface area contributed by atoms with E-state index in [1.54, 1.807) is 19.4 Å². The molecule has 1 aliphatic heterocycles. The molecule has 1 spiro atoms. The van der Waals surface area contributed by atoms with Crippen LogP contribution in [-0.4, -0.2) is 48.4 Å². The van der Waals surface area contributed by atoms with Gasteiger partial charge >= 0.3 is 0 Å². The number of piperidine rings is 1. The van der Waals surface area contributed by atoms with Gasteiger partial charge in [-0.3, -0.25) is 14.8 Å². The minimum Gasteiger partial charge on any atom is -0.347 e. The number of halogens is 1. The van der Waals surface area contributed by atoms with Gasteiger partial charge in [0.05, 0.1) is 18.4 Å². The molecule has 1 aromatic heterocycles. The molecule has 0 aromatic carbocycles. The van der Waals surface area contributed by atoms with Gasteiger partial charge in [-0.25, -0.2) is 0 Å². The van der Waals surface area contributed by atoms with Crippen LogP contribution in [-0.2, 0) is 4.79 Å². The van der Waals surface area contributed by atoms with Crippen molar-refractivity contribution < 1.29 is 4.79 Å². The molecule has 2 aliphatic rings. The van der Waals surface area contributed by atoms with Crippen LogP contribution in [0, 0.1) is 5.41 Å². The van der Waals surface area contributed by atoms with Gasteiger partial charge in [0.1, 0.15) is 0 Å². The van der Waals surface area contributed by atoms with Crippen molar-refractivity contribution in [3.63, 3.8) is 0 Å². The van der Waals surface area contributed by atoms with Crippen molar-refractivity contribution in [1.82, 2.24) is 15.2 Å². The van der Waals surface area contributed by atoms with Crippen molar-refractivity contribution in [1.29, 1.82) is 0 Å². The molecule has 1 amide bonds. The Bertz CT molecular complexity index is 614. The Balaban J connectivity index is 0.00000261. The van der Waals surface area contributed by atoms with Gasteiger partial charge in [0, 0.05) is 26.3 Å². The third-order valence-corrected chi connectivity index (χ3v) is 5.69. The summed E-state index contributed by atoms with van der Waals surface area (Å²) in [6, 6.07) is 3.64. The quantitative estimate of drug-likeness (QED) is 0.390. The number of hydrogen-bond acceptors (Lipinski definition) is 3. The van der Waals surface area contributed by atoms with Crippen molar-refractivity contribution in [2.45, 2.75) is 51.4 Å². The first-order valence-electron chi connectivity index (χ1n) is 9.86. The molecule has 0 atom stereocenters. The molecule has 2 heterocycles. The maximum Gasteiger partial charge on any atom is 0.243 e. The number of pyridine rings is 1. The molecule has 150 valence electrons. The zero-order chi connectivity index (χ0) is 18.2. The lowest BCUT2D eigenvalue weighted by Gasteiger charge is -2.44. The molecule has 0 unspecified atom stereocenters. The van der Waals surface area contributed by atoms with Crippen molar-refractivity contribution >= 4 is 41.5 Å². The van der Waals surface area contributed by atoms with Crippen LogP contribution in [0.25, 0.3) is 0 Å². The summed E-state index contributed by atoms with van der Waals surface area (Å²) >= 11 is 0. The topological polar surface area (TPSA) is 69.6 Å². The highest BCUT2D eigenvalue weighted by Crippen LogP contribution is 2.42. The van der Waals surface area contributed by atoms with Gasteiger partial charge in [-0.1, -0.05) is 25.7 Å². The minimum absolute atomic E-state index is 0. The van der Waals surface area contributed by atoms with Gasteiger partial charge in [-0.05, 0) is 43.2 Å². The molecule has 0 radical (unpaired) electrons. The molecule has 2 fully saturated rings. The zero-order valence-corrected chi connectivity index (χ0v) is 18.6. The van der Waals surface area contributed by atoms with E-state index in [1.165, 1.54) is 51.4 Å². The molecule has 6 nitrogen and oxygen atoms in total. The SMILES string of the molecule is CN=C(NCC(=O)Nc1cccnc1)N1CCCC2(CCCCCC2)C1.I. The number of likely N-dealkylation sites (tertiary alicyclic amines) is 1. The average Bonchev–Trinajstić information content (AvgIpc) is 2.88. The predicted octanol–water partition coefficient (Wildman–Crippen LogP) is 3.65. The fraction of sp³-hybridized carbons (Fsp3) is 0.650. The maximum absolute atomic E-state index is 12.2. The molecule has 1 aromatic rings. The van der Waals surface area contributed by atoms with E-state index in [1.807, 2.05) is 12.1 Å². The van der Waals surface area contributed by atoms with Crippen molar-refractivity contribution in [2.24, 2.45) is 10.4 Å². The number of nitrogens with zero attached hydrogens (tertiary/aromatic N) is 3. The first-order valence-corrected chi connectivity index (χ1v) is 9.86. The number of anilines is 1. The Hall–Kier alpha value is -1.38. The third kappa shape index (κ3) is 6.33. The normalized spacial score (nSPS) is 19.7. The van der Waals surface area contributed by atoms with E-state index in [-0.39, 0.29) is 36.4 Å². The Labute approximate surface area is 179 Å². The summed E-state index contributed by atoms with van der Waals surface area (Å²) in [6.07, 6.45) is 14.0. The Morgan fingerprint density at radius 3 is 2.63 bits per heavy atom. The second kappa shape index (κ2) is 10.8. The number of carbonyl (C=O) groups is 1. The number of aliphatic imine (C=N–C) groups is 1. The maximum atomic E-state index is 12.2. The molecule has 1 aliphatic carbocycles. The van der Waals surface area contributed by atoms with Crippen LogP contribution >= 0.6 is 24.0 Å². The highest BCUT2D eigenvalue weighted by atomic mass is 127. The molecule has 2 N–H and O–H groups in total. The zero-order valence-electron chi connectivity index (χ0n) is 16.2. The average molecular weight is 485 g/mol. The van der Waals surface area contributed by atoms with Crippen molar-refractivity contribution in [3.8, 4) is 0 Å². The first-order chi connectivity index (χ1) is 12.7. The van der Waals surface area contributed by atoms with Gasteiger partial charge in [-0.15, -0.1) is 24.0 Å². The van der Waals surface area contributed by atoms with Crippen LogP contribution < -0.4 is 10.6 Å². The summed E-state index contributed by atoms with van der Waals surface area (Å²) in [5, 5.41) is 6.09. The van der Waals surface area contributed by atoms with E-state index >= 15 is 0 Å². The molecular weight excluding hydrogens is 453 g/mol. The van der Waals surface area contributed by atoms with E-state index in [9.17, 15) is 4.79 Å². The molecule has 7 heteroatoms. The first kappa shape index (κ1) is 21.9. The Kier molecular flexibility index (Phi) is 8.79. The van der Waals surface area contributed by atoms with Gasteiger partial charge < -0.3 is 15.5 Å². The summed E-state index contributed by atoms with van der Waals surface area (Å²) in [5.74, 6) is 0.759. The number of rotatable bonds is 3.